The molecule has 0 bridgehead atoms. The quantitative estimate of drug-likeness (QED) is 0.0950. The summed E-state index contributed by atoms with van der Waals surface area (Å²) in [5, 5.41) is 0. The third-order valence-electron chi connectivity index (χ3n) is 7.11. The standard InChI is InChI=1S/C33H50NO7PS/c1-4-5-6-7-8-9-10-11-12-15-21-38-32-19-13-14-20-33(32)39-25-31(37-3)26-40-42(35,36)41-30-18-16-17-29(22-30)24-34-23-28(2)43-27-34/h13-14,16-20,22-23,31H,4-12,15,21,24-27H2,1-3H3,(H,35,36). The zero-order valence-electron chi connectivity index (χ0n) is 26.1. The monoisotopic (exact) mass is 635 g/mol. The Morgan fingerprint density at radius 1 is 0.907 bits per heavy atom. The van der Waals surface area contributed by atoms with Gasteiger partial charge in [-0.3, -0.25) is 9.42 Å². The van der Waals surface area contributed by atoms with Crippen LogP contribution in [0.25, 0.3) is 0 Å². The molecule has 2 aromatic rings. The van der Waals surface area contributed by atoms with Crippen molar-refractivity contribution in [2.45, 2.75) is 90.7 Å². The van der Waals surface area contributed by atoms with E-state index in [1.165, 1.54) is 63.4 Å². The van der Waals surface area contributed by atoms with E-state index in [-0.39, 0.29) is 19.0 Å². The minimum atomic E-state index is -4.38. The van der Waals surface area contributed by atoms with Gasteiger partial charge in [0.15, 0.2) is 11.5 Å². The van der Waals surface area contributed by atoms with Crippen molar-refractivity contribution in [3.8, 4) is 17.2 Å². The minimum absolute atomic E-state index is 0.116. The number of phosphoric ester groups is 1. The molecule has 0 saturated heterocycles. The third kappa shape index (κ3) is 14.4. The first kappa shape index (κ1) is 35.3. The highest BCUT2D eigenvalue weighted by molar-refractivity contribution is 8.03. The number of hydrogen-bond donors (Lipinski definition) is 1. The molecule has 1 aliphatic heterocycles. The van der Waals surface area contributed by atoms with Gasteiger partial charge in [0, 0.05) is 19.9 Å². The Labute approximate surface area is 262 Å². The molecule has 8 nitrogen and oxygen atoms in total. The van der Waals surface area contributed by atoms with Crippen LogP contribution >= 0.6 is 19.6 Å². The van der Waals surface area contributed by atoms with E-state index in [2.05, 4.69) is 24.9 Å². The van der Waals surface area contributed by atoms with Crippen molar-refractivity contribution in [2.75, 3.05) is 32.8 Å². The summed E-state index contributed by atoms with van der Waals surface area (Å²) in [6, 6.07) is 14.7. The smallest absolute Gasteiger partial charge is 0.490 e. The summed E-state index contributed by atoms with van der Waals surface area (Å²) in [5.41, 5.74) is 0.973. The summed E-state index contributed by atoms with van der Waals surface area (Å²) in [7, 11) is -2.87. The van der Waals surface area contributed by atoms with Gasteiger partial charge in [-0.25, -0.2) is 4.57 Å². The van der Waals surface area contributed by atoms with E-state index < -0.39 is 13.9 Å². The molecule has 1 aliphatic rings. The molecule has 2 aromatic carbocycles. The number of thioether (sulfide) groups is 1. The number of benzene rings is 2. The zero-order chi connectivity index (χ0) is 30.8. The van der Waals surface area contributed by atoms with Crippen LogP contribution in [0.4, 0.5) is 0 Å². The molecule has 0 amide bonds. The van der Waals surface area contributed by atoms with Gasteiger partial charge in [-0.05, 0) is 48.1 Å². The number of unbranched alkanes of at least 4 members (excludes halogenated alkanes) is 9. The normalized spacial score (nSPS) is 15.2. The highest BCUT2D eigenvalue weighted by Crippen LogP contribution is 2.44. The van der Waals surface area contributed by atoms with Crippen LogP contribution in [-0.4, -0.2) is 48.7 Å². The highest BCUT2D eigenvalue weighted by atomic mass is 32.2. The van der Waals surface area contributed by atoms with E-state index in [4.69, 9.17) is 23.3 Å². The average Bonchev–Trinajstić information content (AvgIpc) is 3.40. The van der Waals surface area contributed by atoms with E-state index in [0.717, 1.165) is 24.3 Å². The second kappa shape index (κ2) is 20.0. The van der Waals surface area contributed by atoms with Crippen LogP contribution in [0.1, 0.15) is 83.6 Å². The number of para-hydroxylation sites is 2. The summed E-state index contributed by atoms with van der Waals surface area (Å²) in [6.45, 7) is 5.59. The Kier molecular flexibility index (Phi) is 16.4. The molecule has 1 heterocycles. The van der Waals surface area contributed by atoms with Crippen LogP contribution in [0.15, 0.2) is 59.6 Å². The van der Waals surface area contributed by atoms with Gasteiger partial charge in [0.25, 0.3) is 0 Å². The van der Waals surface area contributed by atoms with Gasteiger partial charge in [-0.2, -0.15) is 0 Å². The van der Waals surface area contributed by atoms with Crippen LogP contribution in [0, 0.1) is 0 Å². The number of hydrogen-bond acceptors (Lipinski definition) is 8. The Morgan fingerprint density at radius 2 is 1.58 bits per heavy atom. The molecule has 0 aromatic heterocycles. The highest BCUT2D eigenvalue weighted by Gasteiger charge is 2.26. The maximum Gasteiger partial charge on any atom is 0.527 e. The molecule has 0 spiro atoms. The molecule has 0 radical (unpaired) electrons. The van der Waals surface area contributed by atoms with Gasteiger partial charge < -0.3 is 23.6 Å². The fourth-order valence-corrected chi connectivity index (χ4v) is 6.25. The van der Waals surface area contributed by atoms with Crippen molar-refractivity contribution in [2.24, 2.45) is 0 Å². The molecule has 0 saturated carbocycles. The molecule has 0 fully saturated rings. The van der Waals surface area contributed by atoms with Gasteiger partial charge in [0.1, 0.15) is 18.5 Å². The average molecular weight is 636 g/mol. The van der Waals surface area contributed by atoms with Crippen LogP contribution in [0.3, 0.4) is 0 Å². The summed E-state index contributed by atoms with van der Waals surface area (Å²) in [5.74, 6) is 2.42. The van der Waals surface area contributed by atoms with Gasteiger partial charge in [-0.1, -0.05) is 89.0 Å². The van der Waals surface area contributed by atoms with Crippen molar-refractivity contribution < 1.29 is 32.7 Å². The first-order valence-corrected chi connectivity index (χ1v) is 18.0. The molecule has 3 rings (SSSR count). The first-order chi connectivity index (χ1) is 20.9. The fourth-order valence-electron chi connectivity index (χ4n) is 4.71. The Bertz CT molecular complexity index is 1150. The first-order valence-electron chi connectivity index (χ1n) is 15.6. The van der Waals surface area contributed by atoms with Crippen molar-refractivity contribution in [3.05, 3.63) is 65.2 Å². The van der Waals surface area contributed by atoms with Crippen LogP contribution < -0.4 is 14.0 Å². The predicted octanol–water partition coefficient (Wildman–Crippen LogP) is 8.94. The van der Waals surface area contributed by atoms with E-state index in [1.807, 2.05) is 30.3 Å². The topological polar surface area (TPSA) is 86.7 Å². The fraction of sp³-hybridized carbons (Fsp3) is 0.576. The lowest BCUT2D eigenvalue weighted by atomic mass is 10.1. The van der Waals surface area contributed by atoms with E-state index in [1.54, 1.807) is 30.0 Å². The summed E-state index contributed by atoms with van der Waals surface area (Å²) >= 11 is 1.78. The molecule has 10 heteroatoms. The molecule has 240 valence electrons. The van der Waals surface area contributed by atoms with Crippen molar-refractivity contribution in [1.29, 1.82) is 0 Å². The van der Waals surface area contributed by atoms with Gasteiger partial charge >= 0.3 is 7.82 Å². The number of phosphoric acid groups is 1. The number of rotatable bonds is 23. The molecule has 1 N–H and O–H groups in total. The molecule has 0 aliphatic carbocycles. The van der Waals surface area contributed by atoms with Gasteiger partial charge in [0.2, 0.25) is 0 Å². The Morgan fingerprint density at radius 3 is 2.23 bits per heavy atom. The van der Waals surface area contributed by atoms with Crippen LogP contribution in [0.5, 0.6) is 17.2 Å². The van der Waals surface area contributed by atoms with Crippen LogP contribution in [0.2, 0.25) is 0 Å². The SMILES string of the molecule is CCCCCCCCCCCCOc1ccccc1OCC(COP(=O)(O)Oc1cccc(CN2C=C(C)SC2)c1)OC. The van der Waals surface area contributed by atoms with Gasteiger partial charge in [-0.15, -0.1) is 11.8 Å². The van der Waals surface area contributed by atoms with Crippen LogP contribution in [-0.2, 0) is 20.4 Å². The molecule has 2 atom stereocenters. The van der Waals surface area contributed by atoms with E-state index >= 15 is 0 Å². The molecule has 43 heavy (non-hydrogen) atoms. The zero-order valence-corrected chi connectivity index (χ0v) is 27.8. The summed E-state index contributed by atoms with van der Waals surface area (Å²) in [4.78, 5) is 13.8. The Hall–Kier alpha value is -2.16. The second-order valence-corrected chi connectivity index (χ2v) is 13.5. The van der Waals surface area contributed by atoms with Crippen molar-refractivity contribution >= 4 is 19.6 Å². The van der Waals surface area contributed by atoms with Gasteiger partial charge in [0.05, 0.1) is 19.1 Å². The van der Waals surface area contributed by atoms with E-state index in [0.29, 0.717) is 24.7 Å². The maximum absolute atomic E-state index is 12.7. The lowest BCUT2D eigenvalue weighted by molar-refractivity contribution is 0.0154. The lowest BCUT2D eigenvalue weighted by Crippen LogP contribution is -2.26. The summed E-state index contributed by atoms with van der Waals surface area (Å²) in [6.07, 6.45) is 14.3. The van der Waals surface area contributed by atoms with Crippen molar-refractivity contribution in [3.63, 3.8) is 0 Å². The summed E-state index contributed by atoms with van der Waals surface area (Å²) < 4.78 is 40.7. The third-order valence-corrected chi connectivity index (χ3v) is 9.05. The van der Waals surface area contributed by atoms with Crippen molar-refractivity contribution in [1.82, 2.24) is 4.90 Å². The van der Waals surface area contributed by atoms with E-state index in [9.17, 15) is 9.46 Å². The predicted molar refractivity (Wildman–Crippen MR) is 175 cm³/mol. The lowest BCUT2D eigenvalue weighted by Gasteiger charge is -2.20. The molecule has 2 unspecified atom stereocenters. The molecular weight excluding hydrogens is 585 g/mol. The minimum Gasteiger partial charge on any atom is -0.490 e. The maximum atomic E-state index is 12.7. The largest absolute Gasteiger partial charge is 0.527 e. The number of nitrogens with zero attached hydrogens (tertiary/aromatic N) is 1. The molecular formula is C33H50NO7PS. The second-order valence-electron chi connectivity index (χ2n) is 10.9. The Balaban J connectivity index is 1.36. The number of ether oxygens (including phenoxy) is 3. The number of methoxy groups -OCH3 is 1. The number of allylic oxidation sites excluding steroid dienone is 1.